The van der Waals surface area contributed by atoms with Gasteiger partial charge in [0.25, 0.3) is 0 Å². The third kappa shape index (κ3) is 4.13. The van der Waals surface area contributed by atoms with Crippen LogP contribution in [0.1, 0.15) is 19.8 Å². The zero-order valence-corrected chi connectivity index (χ0v) is 12.0. The van der Waals surface area contributed by atoms with E-state index in [1.165, 1.54) is 0 Å². The summed E-state index contributed by atoms with van der Waals surface area (Å²) >= 11 is 0. The van der Waals surface area contributed by atoms with E-state index in [2.05, 4.69) is 10.6 Å². The number of carbonyl (C=O) groups excluding carboxylic acids is 1. The van der Waals surface area contributed by atoms with Crippen LogP contribution in [0.5, 0.6) is 11.5 Å². The third-order valence-electron chi connectivity index (χ3n) is 3.34. The molecule has 2 N–H and O–H groups in total. The highest BCUT2D eigenvalue weighted by molar-refractivity contribution is 5.82. The number of hydrogen-bond donors (Lipinski definition) is 2. The summed E-state index contributed by atoms with van der Waals surface area (Å²) in [5.41, 5.74) is 0. The van der Waals surface area contributed by atoms with Crippen LogP contribution < -0.4 is 20.1 Å². The van der Waals surface area contributed by atoms with Crippen LogP contribution in [-0.4, -0.2) is 38.3 Å². The first kappa shape index (κ1) is 14.7. The molecule has 2 rings (SSSR count). The van der Waals surface area contributed by atoms with E-state index in [-0.39, 0.29) is 18.1 Å². The van der Waals surface area contributed by atoms with Crippen LogP contribution in [0.25, 0.3) is 0 Å². The SMILES string of the molecule is COc1ccc(O[C@@H](C)CNC(=O)[C@@H]2CCCN2)cc1. The largest absolute Gasteiger partial charge is 0.497 e. The molecule has 1 aliphatic heterocycles. The highest BCUT2D eigenvalue weighted by atomic mass is 16.5. The molecule has 0 radical (unpaired) electrons. The predicted octanol–water partition coefficient (Wildman–Crippen LogP) is 1.33. The van der Waals surface area contributed by atoms with E-state index >= 15 is 0 Å². The van der Waals surface area contributed by atoms with Crippen molar-refractivity contribution in [2.45, 2.75) is 31.9 Å². The Balaban J connectivity index is 1.73. The van der Waals surface area contributed by atoms with Crippen molar-refractivity contribution in [3.8, 4) is 11.5 Å². The molecule has 5 heteroatoms. The monoisotopic (exact) mass is 278 g/mol. The lowest BCUT2D eigenvalue weighted by molar-refractivity contribution is -0.123. The molecule has 1 heterocycles. The van der Waals surface area contributed by atoms with Crippen molar-refractivity contribution in [3.63, 3.8) is 0 Å². The molecule has 0 aromatic heterocycles. The number of nitrogens with one attached hydrogen (secondary N) is 2. The fourth-order valence-corrected chi connectivity index (χ4v) is 2.20. The summed E-state index contributed by atoms with van der Waals surface area (Å²) in [6.45, 7) is 3.37. The second-order valence-corrected chi connectivity index (χ2v) is 5.00. The number of carbonyl (C=O) groups is 1. The first-order valence-electron chi connectivity index (χ1n) is 7.01. The number of hydrogen-bond acceptors (Lipinski definition) is 4. The van der Waals surface area contributed by atoms with Gasteiger partial charge in [0.1, 0.15) is 17.6 Å². The lowest BCUT2D eigenvalue weighted by Crippen LogP contribution is -2.43. The van der Waals surface area contributed by atoms with E-state index in [9.17, 15) is 4.79 Å². The Morgan fingerprint density at radius 3 is 2.70 bits per heavy atom. The topological polar surface area (TPSA) is 59.6 Å². The van der Waals surface area contributed by atoms with Crippen LogP contribution in [0.3, 0.4) is 0 Å². The van der Waals surface area contributed by atoms with E-state index in [4.69, 9.17) is 9.47 Å². The summed E-state index contributed by atoms with van der Waals surface area (Å²) in [6.07, 6.45) is 1.91. The van der Waals surface area contributed by atoms with Gasteiger partial charge in [-0.2, -0.15) is 0 Å². The fraction of sp³-hybridized carbons (Fsp3) is 0.533. The molecule has 1 aliphatic rings. The molecule has 5 nitrogen and oxygen atoms in total. The van der Waals surface area contributed by atoms with Crippen molar-refractivity contribution < 1.29 is 14.3 Å². The van der Waals surface area contributed by atoms with Crippen molar-refractivity contribution in [3.05, 3.63) is 24.3 Å². The van der Waals surface area contributed by atoms with Crippen molar-refractivity contribution in [2.24, 2.45) is 0 Å². The minimum absolute atomic E-state index is 0.0387. The second kappa shape index (κ2) is 7.14. The molecule has 0 saturated carbocycles. The zero-order chi connectivity index (χ0) is 14.4. The summed E-state index contributed by atoms with van der Waals surface area (Å²) in [7, 11) is 1.63. The van der Waals surface area contributed by atoms with Gasteiger partial charge in [0.2, 0.25) is 5.91 Å². The molecular formula is C15H22N2O3. The minimum atomic E-state index is -0.0752. The van der Waals surface area contributed by atoms with Gasteiger partial charge in [-0.25, -0.2) is 0 Å². The summed E-state index contributed by atoms with van der Waals surface area (Å²) in [6, 6.07) is 7.38. The van der Waals surface area contributed by atoms with Gasteiger partial charge in [-0.3, -0.25) is 4.79 Å². The van der Waals surface area contributed by atoms with Crippen molar-refractivity contribution in [1.82, 2.24) is 10.6 Å². The normalized spacial score (nSPS) is 19.4. The molecule has 1 amide bonds. The molecule has 0 bridgehead atoms. The summed E-state index contributed by atoms with van der Waals surface area (Å²) in [5.74, 6) is 1.63. The number of amides is 1. The van der Waals surface area contributed by atoms with Crippen LogP contribution in [0.4, 0.5) is 0 Å². The number of ether oxygens (including phenoxy) is 2. The molecule has 1 saturated heterocycles. The van der Waals surface area contributed by atoms with Gasteiger partial charge in [-0.15, -0.1) is 0 Å². The van der Waals surface area contributed by atoms with Gasteiger partial charge in [0, 0.05) is 0 Å². The Bertz CT molecular complexity index is 427. The molecule has 1 fully saturated rings. The third-order valence-corrected chi connectivity index (χ3v) is 3.34. The number of rotatable bonds is 6. The van der Waals surface area contributed by atoms with E-state index in [0.717, 1.165) is 30.9 Å². The highest BCUT2D eigenvalue weighted by Crippen LogP contribution is 2.18. The van der Waals surface area contributed by atoms with Crippen LogP contribution in [0, 0.1) is 0 Å². The lowest BCUT2D eigenvalue weighted by atomic mass is 10.2. The van der Waals surface area contributed by atoms with E-state index in [1.54, 1.807) is 7.11 Å². The molecular weight excluding hydrogens is 256 g/mol. The van der Waals surface area contributed by atoms with Gasteiger partial charge >= 0.3 is 0 Å². The van der Waals surface area contributed by atoms with Gasteiger partial charge in [-0.1, -0.05) is 0 Å². The first-order chi connectivity index (χ1) is 9.69. The summed E-state index contributed by atoms with van der Waals surface area (Å²) < 4.78 is 10.8. The maximum atomic E-state index is 11.8. The second-order valence-electron chi connectivity index (χ2n) is 5.00. The van der Waals surface area contributed by atoms with Crippen LogP contribution in [-0.2, 0) is 4.79 Å². The Hall–Kier alpha value is -1.75. The molecule has 2 atom stereocenters. The predicted molar refractivity (Wildman–Crippen MR) is 77.1 cm³/mol. The average Bonchev–Trinajstić information content (AvgIpc) is 3.00. The smallest absolute Gasteiger partial charge is 0.237 e. The first-order valence-corrected chi connectivity index (χ1v) is 7.01. The molecule has 1 aromatic carbocycles. The fourth-order valence-electron chi connectivity index (χ4n) is 2.20. The van der Waals surface area contributed by atoms with Gasteiger partial charge in [-0.05, 0) is 50.6 Å². The van der Waals surface area contributed by atoms with Crippen molar-refractivity contribution >= 4 is 5.91 Å². The van der Waals surface area contributed by atoms with Gasteiger partial charge < -0.3 is 20.1 Å². The molecule has 20 heavy (non-hydrogen) atoms. The molecule has 0 spiro atoms. The minimum Gasteiger partial charge on any atom is -0.497 e. The standard InChI is InChI=1S/C15H22N2O3/c1-11(10-17-15(18)14-4-3-9-16-14)20-13-7-5-12(19-2)6-8-13/h5-8,11,14,16H,3-4,9-10H2,1-2H3,(H,17,18)/t11-,14-/m0/s1. The highest BCUT2D eigenvalue weighted by Gasteiger charge is 2.21. The summed E-state index contributed by atoms with van der Waals surface area (Å²) in [4.78, 5) is 11.8. The van der Waals surface area contributed by atoms with Crippen LogP contribution in [0.15, 0.2) is 24.3 Å². The van der Waals surface area contributed by atoms with E-state index < -0.39 is 0 Å². The molecule has 1 aromatic rings. The van der Waals surface area contributed by atoms with Crippen LogP contribution in [0.2, 0.25) is 0 Å². The van der Waals surface area contributed by atoms with Crippen molar-refractivity contribution in [1.29, 1.82) is 0 Å². The van der Waals surface area contributed by atoms with E-state index in [0.29, 0.717) is 6.54 Å². The number of methoxy groups -OCH3 is 1. The number of benzene rings is 1. The quantitative estimate of drug-likeness (QED) is 0.824. The Labute approximate surface area is 119 Å². The summed E-state index contributed by atoms with van der Waals surface area (Å²) in [5, 5.41) is 6.09. The van der Waals surface area contributed by atoms with Crippen LogP contribution >= 0.6 is 0 Å². The Morgan fingerprint density at radius 2 is 2.10 bits per heavy atom. The Morgan fingerprint density at radius 1 is 1.40 bits per heavy atom. The zero-order valence-electron chi connectivity index (χ0n) is 12.0. The average molecular weight is 278 g/mol. The van der Waals surface area contributed by atoms with Gasteiger partial charge in [0.15, 0.2) is 0 Å². The molecule has 0 unspecified atom stereocenters. The lowest BCUT2D eigenvalue weighted by Gasteiger charge is -2.17. The maximum Gasteiger partial charge on any atom is 0.237 e. The molecule has 0 aliphatic carbocycles. The van der Waals surface area contributed by atoms with E-state index in [1.807, 2.05) is 31.2 Å². The Kier molecular flexibility index (Phi) is 5.24. The maximum absolute atomic E-state index is 11.8. The van der Waals surface area contributed by atoms with Crippen molar-refractivity contribution in [2.75, 3.05) is 20.2 Å². The van der Waals surface area contributed by atoms with Gasteiger partial charge in [0.05, 0.1) is 19.7 Å². The molecule has 110 valence electrons.